The molecule has 5 heteroatoms. The van der Waals surface area contributed by atoms with Crippen molar-refractivity contribution in [3.05, 3.63) is 69.6 Å². The predicted molar refractivity (Wildman–Crippen MR) is 80.5 cm³/mol. The molecule has 1 aromatic heterocycles. The number of ketones is 1. The summed E-state index contributed by atoms with van der Waals surface area (Å²) in [7, 11) is 0. The Balaban J connectivity index is 2.18. The molecule has 0 aliphatic heterocycles. The van der Waals surface area contributed by atoms with Crippen molar-refractivity contribution < 1.29 is 9.18 Å². The fourth-order valence-corrected chi connectivity index (χ4v) is 2.63. The highest BCUT2D eigenvalue weighted by Gasteiger charge is 2.17. The Kier molecular flexibility index (Phi) is 3.32. The summed E-state index contributed by atoms with van der Waals surface area (Å²) in [4.78, 5) is 15.6. The third kappa shape index (κ3) is 2.24. The molecule has 1 N–H and O–H groups in total. The average Bonchev–Trinajstić information content (AvgIpc) is 2.93. The van der Waals surface area contributed by atoms with Crippen LogP contribution in [-0.2, 0) is 0 Å². The van der Waals surface area contributed by atoms with E-state index in [1.54, 1.807) is 24.4 Å². The third-order valence-electron chi connectivity index (χ3n) is 3.25. The van der Waals surface area contributed by atoms with Gasteiger partial charge in [-0.15, -0.1) is 0 Å². The average molecular weight is 343 g/mol. The van der Waals surface area contributed by atoms with Gasteiger partial charge < -0.3 is 4.98 Å². The Hall–Kier alpha value is -2.45. The monoisotopic (exact) mass is 342 g/mol. The molecule has 0 atom stereocenters. The SMILES string of the molecule is N#Cc1cccc2[nH]cc(C(=O)c3ccc(F)c(Br)c3)c12. The van der Waals surface area contributed by atoms with Crippen LogP contribution in [0.5, 0.6) is 0 Å². The normalized spacial score (nSPS) is 10.5. The van der Waals surface area contributed by atoms with E-state index in [-0.39, 0.29) is 10.3 Å². The van der Waals surface area contributed by atoms with Crippen LogP contribution in [0.25, 0.3) is 10.9 Å². The van der Waals surface area contributed by atoms with Gasteiger partial charge in [0.05, 0.1) is 16.1 Å². The van der Waals surface area contributed by atoms with Crippen molar-refractivity contribution in [3.8, 4) is 6.07 Å². The maximum atomic E-state index is 13.3. The van der Waals surface area contributed by atoms with Gasteiger partial charge in [-0.3, -0.25) is 4.79 Å². The van der Waals surface area contributed by atoms with Gasteiger partial charge in [-0.25, -0.2) is 4.39 Å². The molecule has 0 aliphatic rings. The second kappa shape index (κ2) is 5.15. The van der Waals surface area contributed by atoms with Crippen molar-refractivity contribution in [1.29, 1.82) is 5.26 Å². The molecule has 0 amide bonds. The van der Waals surface area contributed by atoms with E-state index in [0.717, 1.165) is 5.52 Å². The van der Waals surface area contributed by atoms with Crippen molar-refractivity contribution >= 4 is 32.6 Å². The first-order valence-corrected chi connectivity index (χ1v) is 6.91. The largest absolute Gasteiger partial charge is 0.360 e. The minimum Gasteiger partial charge on any atom is -0.360 e. The fourth-order valence-electron chi connectivity index (χ4n) is 2.25. The summed E-state index contributed by atoms with van der Waals surface area (Å²) in [6.45, 7) is 0. The van der Waals surface area contributed by atoms with Crippen LogP contribution >= 0.6 is 15.9 Å². The molecule has 3 rings (SSSR count). The predicted octanol–water partition coefficient (Wildman–Crippen LogP) is 4.17. The van der Waals surface area contributed by atoms with Crippen LogP contribution in [-0.4, -0.2) is 10.8 Å². The number of rotatable bonds is 2. The van der Waals surface area contributed by atoms with E-state index in [4.69, 9.17) is 0 Å². The molecule has 0 aliphatic carbocycles. The maximum absolute atomic E-state index is 13.3. The maximum Gasteiger partial charge on any atom is 0.195 e. The molecule has 0 saturated heterocycles. The van der Waals surface area contributed by atoms with Crippen LogP contribution in [0.3, 0.4) is 0 Å². The van der Waals surface area contributed by atoms with Gasteiger partial charge in [-0.1, -0.05) is 6.07 Å². The van der Waals surface area contributed by atoms with Gasteiger partial charge in [-0.05, 0) is 46.3 Å². The number of aromatic nitrogens is 1. The van der Waals surface area contributed by atoms with E-state index in [1.807, 2.05) is 0 Å². The molecule has 102 valence electrons. The van der Waals surface area contributed by atoms with Gasteiger partial charge in [0.25, 0.3) is 0 Å². The number of halogens is 2. The summed E-state index contributed by atoms with van der Waals surface area (Å²) < 4.78 is 13.5. The summed E-state index contributed by atoms with van der Waals surface area (Å²) in [6, 6.07) is 11.4. The highest BCUT2D eigenvalue weighted by Crippen LogP contribution is 2.26. The molecule has 1 heterocycles. The van der Waals surface area contributed by atoms with Gasteiger partial charge in [0.2, 0.25) is 0 Å². The molecule has 0 bridgehead atoms. The number of nitrogens with one attached hydrogen (secondary N) is 1. The van der Waals surface area contributed by atoms with Crippen molar-refractivity contribution in [3.63, 3.8) is 0 Å². The van der Waals surface area contributed by atoms with Gasteiger partial charge in [-0.2, -0.15) is 5.26 Å². The summed E-state index contributed by atoms with van der Waals surface area (Å²) >= 11 is 3.07. The zero-order chi connectivity index (χ0) is 15.0. The lowest BCUT2D eigenvalue weighted by molar-refractivity contribution is 0.104. The van der Waals surface area contributed by atoms with E-state index in [0.29, 0.717) is 22.1 Å². The van der Waals surface area contributed by atoms with Crippen molar-refractivity contribution in [2.24, 2.45) is 0 Å². The van der Waals surface area contributed by atoms with E-state index >= 15 is 0 Å². The number of hydrogen-bond donors (Lipinski definition) is 1. The molecule has 0 spiro atoms. The van der Waals surface area contributed by atoms with Crippen LogP contribution < -0.4 is 0 Å². The molecule has 0 saturated carbocycles. The topological polar surface area (TPSA) is 56.6 Å². The van der Waals surface area contributed by atoms with Gasteiger partial charge in [0, 0.05) is 28.2 Å². The smallest absolute Gasteiger partial charge is 0.195 e. The van der Waals surface area contributed by atoms with Crippen LogP contribution in [0.15, 0.2) is 47.1 Å². The standard InChI is InChI=1S/C16H8BrFN2O/c17-12-6-9(4-5-13(12)18)16(21)11-8-20-14-3-1-2-10(7-19)15(11)14/h1-6,8,20H. The highest BCUT2D eigenvalue weighted by molar-refractivity contribution is 9.10. The van der Waals surface area contributed by atoms with E-state index in [1.165, 1.54) is 18.2 Å². The third-order valence-corrected chi connectivity index (χ3v) is 3.86. The molecule has 0 unspecified atom stereocenters. The number of fused-ring (bicyclic) bond motifs is 1. The lowest BCUT2D eigenvalue weighted by Crippen LogP contribution is -2.01. The molecule has 0 radical (unpaired) electrons. The van der Waals surface area contributed by atoms with E-state index < -0.39 is 5.82 Å². The number of nitriles is 1. The first-order chi connectivity index (χ1) is 10.1. The zero-order valence-corrected chi connectivity index (χ0v) is 12.2. The van der Waals surface area contributed by atoms with Crippen molar-refractivity contribution in [2.45, 2.75) is 0 Å². The Morgan fingerprint density at radius 1 is 1.29 bits per heavy atom. The second-order valence-corrected chi connectivity index (χ2v) is 5.35. The van der Waals surface area contributed by atoms with Gasteiger partial charge in [0.1, 0.15) is 5.82 Å². The summed E-state index contributed by atoms with van der Waals surface area (Å²) in [5.41, 5.74) is 1.91. The number of carbonyl (C=O) groups is 1. The van der Waals surface area contributed by atoms with Crippen LogP contribution in [0.1, 0.15) is 21.5 Å². The molecule has 3 aromatic rings. The molecule has 0 fully saturated rings. The van der Waals surface area contributed by atoms with Gasteiger partial charge >= 0.3 is 0 Å². The van der Waals surface area contributed by atoms with Crippen LogP contribution in [0, 0.1) is 17.1 Å². The number of nitrogens with zero attached hydrogens (tertiary/aromatic N) is 1. The fraction of sp³-hybridized carbons (Fsp3) is 0. The summed E-state index contributed by atoms with van der Waals surface area (Å²) in [5.74, 6) is -0.687. The quantitative estimate of drug-likeness (QED) is 0.710. The lowest BCUT2D eigenvalue weighted by Gasteiger charge is -2.02. The molecule has 21 heavy (non-hydrogen) atoms. The van der Waals surface area contributed by atoms with Gasteiger partial charge in [0.15, 0.2) is 5.78 Å². The number of aromatic amines is 1. The Labute approximate surface area is 128 Å². The lowest BCUT2D eigenvalue weighted by atomic mass is 10.00. The highest BCUT2D eigenvalue weighted by atomic mass is 79.9. The first kappa shape index (κ1) is 13.5. The molecular weight excluding hydrogens is 335 g/mol. The zero-order valence-electron chi connectivity index (χ0n) is 10.7. The number of benzene rings is 2. The Morgan fingerprint density at radius 3 is 2.81 bits per heavy atom. The number of carbonyl (C=O) groups excluding carboxylic acids is 1. The minimum atomic E-state index is -0.428. The van der Waals surface area contributed by atoms with E-state index in [2.05, 4.69) is 27.0 Å². The Bertz CT molecular complexity index is 908. The van der Waals surface area contributed by atoms with Crippen LogP contribution in [0.4, 0.5) is 4.39 Å². The van der Waals surface area contributed by atoms with Crippen molar-refractivity contribution in [2.75, 3.05) is 0 Å². The van der Waals surface area contributed by atoms with Crippen molar-refractivity contribution in [1.82, 2.24) is 4.98 Å². The minimum absolute atomic E-state index is 0.230. The Morgan fingerprint density at radius 2 is 2.10 bits per heavy atom. The second-order valence-electron chi connectivity index (χ2n) is 4.50. The molecule has 2 aromatic carbocycles. The van der Waals surface area contributed by atoms with Crippen LogP contribution in [0.2, 0.25) is 0 Å². The number of hydrogen-bond acceptors (Lipinski definition) is 2. The summed E-state index contributed by atoms with van der Waals surface area (Å²) in [5, 5.41) is 9.77. The first-order valence-electron chi connectivity index (χ1n) is 6.12. The number of H-pyrrole nitrogens is 1. The molecule has 3 nitrogen and oxygen atoms in total. The van der Waals surface area contributed by atoms with E-state index in [9.17, 15) is 14.4 Å². The molecular formula is C16H8BrFN2O. The summed E-state index contributed by atoms with van der Waals surface area (Å²) in [6.07, 6.45) is 1.57.